The molecule has 0 spiro atoms. The maximum absolute atomic E-state index is 13.7. The van der Waals surface area contributed by atoms with Gasteiger partial charge >= 0.3 is 0 Å². The van der Waals surface area contributed by atoms with E-state index in [1.165, 1.54) is 0 Å². The molecule has 2 N–H and O–H groups in total. The van der Waals surface area contributed by atoms with Gasteiger partial charge < -0.3 is 15.4 Å². The second kappa shape index (κ2) is 6.16. The number of halogens is 1. The van der Waals surface area contributed by atoms with Gasteiger partial charge in [0.25, 0.3) is 0 Å². The zero-order valence-electron chi connectivity index (χ0n) is 10.9. The molecule has 1 saturated heterocycles. The number of anilines is 1. The normalized spacial score (nSPS) is 17.2. The van der Waals surface area contributed by atoms with Crippen molar-refractivity contribution in [3.63, 3.8) is 0 Å². The first-order valence-electron chi connectivity index (χ1n) is 6.59. The van der Waals surface area contributed by atoms with Gasteiger partial charge in [0.2, 0.25) is 0 Å². The summed E-state index contributed by atoms with van der Waals surface area (Å²) in [5, 5.41) is 0. The van der Waals surface area contributed by atoms with Gasteiger partial charge in [-0.05, 0) is 31.9 Å². The predicted molar refractivity (Wildman–Crippen MR) is 71.2 cm³/mol. The van der Waals surface area contributed by atoms with E-state index in [1.807, 2.05) is 13.0 Å². The van der Waals surface area contributed by atoms with Crippen molar-refractivity contribution in [3.8, 4) is 0 Å². The zero-order chi connectivity index (χ0) is 13.0. The molecule has 0 aliphatic carbocycles. The Morgan fingerprint density at radius 2 is 2.11 bits per heavy atom. The molecule has 0 unspecified atom stereocenters. The van der Waals surface area contributed by atoms with Gasteiger partial charge in [0.05, 0.1) is 6.10 Å². The van der Waals surface area contributed by atoms with Gasteiger partial charge in [-0.3, -0.25) is 0 Å². The standard InChI is InChI=1S/C14H21FN2O/c1-2-18-13-5-7-17(8-6-13)12-4-3-11(10-16)14(15)9-12/h3-4,9,13H,2,5-8,10,16H2,1H3. The van der Waals surface area contributed by atoms with E-state index < -0.39 is 0 Å². The maximum atomic E-state index is 13.7. The minimum absolute atomic E-state index is 0.207. The van der Waals surface area contributed by atoms with Crippen LogP contribution in [0.5, 0.6) is 0 Å². The SMILES string of the molecule is CCOC1CCN(c2ccc(CN)c(F)c2)CC1. The Morgan fingerprint density at radius 3 is 2.67 bits per heavy atom. The third-order valence-electron chi connectivity index (χ3n) is 3.47. The molecule has 0 radical (unpaired) electrons. The summed E-state index contributed by atoms with van der Waals surface area (Å²) in [6, 6.07) is 5.31. The van der Waals surface area contributed by atoms with Crippen LogP contribution in [0, 0.1) is 5.82 Å². The average Bonchev–Trinajstić information content (AvgIpc) is 2.40. The Bertz CT molecular complexity index is 389. The van der Waals surface area contributed by atoms with Crippen molar-refractivity contribution >= 4 is 5.69 Å². The van der Waals surface area contributed by atoms with Crippen LogP contribution in [0.2, 0.25) is 0 Å². The van der Waals surface area contributed by atoms with Crippen LogP contribution in [0.1, 0.15) is 25.3 Å². The van der Waals surface area contributed by atoms with Crippen LogP contribution in [0.3, 0.4) is 0 Å². The van der Waals surface area contributed by atoms with Crippen LogP contribution >= 0.6 is 0 Å². The molecule has 0 aromatic heterocycles. The summed E-state index contributed by atoms with van der Waals surface area (Å²) in [4.78, 5) is 2.21. The highest BCUT2D eigenvalue weighted by Gasteiger charge is 2.19. The molecule has 0 amide bonds. The fourth-order valence-electron chi connectivity index (χ4n) is 2.41. The predicted octanol–water partition coefficient (Wildman–Crippen LogP) is 2.29. The van der Waals surface area contributed by atoms with Crippen LogP contribution in [-0.4, -0.2) is 25.8 Å². The van der Waals surface area contributed by atoms with Gasteiger partial charge in [-0.15, -0.1) is 0 Å². The molecule has 100 valence electrons. The van der Waals surface area contributed by atoms with Gasteiger partial charge in [0.1, 0.15) is 5.82 Å². The van der Waals surface area contributed by atoms with Crippen molar-refractivity contribution in [2.45, 2.75) is 32.4 Å². The number of hydrogen-bond acceptors (Lipinski definition) is 3. The largest absolute Gasteiger partial charge is 0.378 e. The molecule has 1 fully saturated rings. The zero-order valence-corrected chi connectivity index (χ0v) is 10.9. The molecule has 4 heteroatoms. The molecular formula is C14H21FN2O. The van der Waals surface area contributed by atoms with E-state index in [-0.39, 0.29) is 12.4 Å². The summed E-state index contributed by atoms with van der Waals surface area (Å²) in [5.74, 6) is -0.207. The Morgan fingerprint density at radius 1 is 1.39 bits per heavy atom. The minimum atomic E-state index is -0.207. The molecule has 1 aromatic carbocycles. The second-order valence-electron chi connectivity index (χ2n) is 4.62. The van der Waals surface area contributed by atoms with E-state index in [4.69, 9.17) is 10.5 Å². The van der Waals surface area contributed by atoms with E-state index >= 15 is 0 Å². The Kier molecular flexibility index (Phi) is 4.55. The summed E-state index contributed by atoms with van der Waals surface area (Å²) >= 11 is 0. The number of rotatable bonds is 4. The number of ether oxygens (including phenoxy) is 1. The lowest BCUT2D eigenvalue weighted by Crippen LogP contribution is -2.37. The topological polar surface area (TPSA) is 38.5 Å². The third kappa shape index (κ3) is 3.00. The van der Waals surface area contributed by atoms with Crippen LogP contribution in [0.4, 0.5) is 10.1 Å². The van der Waals surface area contributed by atoms with Crippen molar-refractivity contribution in [2.24, 2.45) is 5.73 Å². The van der Waals surface area contributed by atoms with Crippen LogP contribution < -0.4 is 10.6 Å². The van der Waals surface area contributed by atoms with Crippen molar-refractivity contribution in [2.75, 3.05) is 24.6 Å². The molecule has 1 aliphatic heterocycles. The molecule has 2 rings (SSSR count). The highest BCUT2D eigenvalue weighted by Crippen LogP contribution is 2.23. The van der Waals surface area contributed by atoms with Crippen molar-refractivity contribution in [3.05, 3.63) is 29.6 Å². The molecule has 0 atom stereocenters. The first-order valence-corrected chi connectivity index (χ1v) is 6.59. The highest BCUT2D eigenvalue weighted by atomic mass is 19.1. The number of piperidine rings is 1. The van der Waals surface area contributed by atoms with Gasteiger partial charge in [0.15, 0.2) is 0 Å². The summed E-state index contributed by atoms with van der Waals surface area (Å²) < 4.78 is 19.3. The fourth-order valence-corrected chi connectivity index (χ4v) is 2.41. The van der Waals surface area contributed by atoms with Crippen LogP contribution in [0.25, 0.3) is 0 Å². The van der Waals surface area contributed by atoms with Gasteiger partial charge in [-0.1, -0.05) is 6.07 Å². The first-order chi connectivity index (χ1) is 8.74. The van der Waals surface area contributed by atoms with Crippen molar-refractivity contribution in [1.82, 2.24) is 0 Å². The van der Waals surface area contributed by atoms with Gasteiger partial charge in [0, 0.05) is 37.5 Å². The summed E-state index contributed by atoms with van der Waals surface area (Å²) in [6.45, 7) is 4.88. The molecular weight excluding hydrogens is 231 g/mol. The first kappa shape index (κ1) is 13.3. The summed E-state index contributed by atoms with van der Waals surface area (Å²) in [5.41, 5.74) is 6.98. The Labute approximate surface area is 108 Å². The molecule has 1 heterocycles. The van der Waals surface area contributed by atoms with E-state index in [1.54, 1.807) is 12.1 Å². The Hall–Kier alpha value is -1.13. The average molecular weight is 252 g/mol. The summed E-state index contributed by atoms with van der Waals surface area (Å²) in [7, 11) is 0. The van der Waals surface area contributed by atoms with Gasteiger partial charge in [-0.2, -0.15) is 0 Å². The number of hydrogen-bond donors (Lipinski definition) is 1. The molecule has 18 heavy (non-hydrogen) atoms. The van der Waals surface area contributed by atoms with E-state index in [0.717, 1.165) is 38.2 Å². The smallest absolute Gasteiger partial charge is 0.129 e. The van der Waals surface area contributed by atoms with Gasteiger partial charge in [-0.25, -0.2) is 4.39 Å². The van der Waals surface area contributed by atoms with Crippen LogP contribution in [-0.2, 0) is 11.3 Å². The molecule has 3 nitrogen and oxygen atoms in total. The maximum Gasteiger partial charge on any atom is 0.129 e. The third-order valence-corrected chi connectivity index (χ3v) is 3.47. The number of nitrogens with zero attached hydrogens (tertiary/aromatic N) is 1. The second-order valence-corrected chi connectivity index (χ2v) is 4.62. The van der Waals surface area contributed by atoms with E-state index in [9.17, 15) is 4.39 Å². The highest BCUT2D eigenvalue weighted by molar-refractivity contribution is 5.48. The van der Waals surface area contributed by atoms with Crippen molar-refractivity contribution < 1.29 is 9.13 Å². The molecule has 1 aromatic rings. The number of benzene rings is 1. The molecule has 1 aliphatic rings. The van der Waals surface area contributed by atoms with E-state index in [0.29, 0.717) is 11.7 Å². The molecule has 0 bridgehead atoms. The monoisotopic (exact) mass is 252 g/mol. The Balaban J connectivity index is 1.99. The lowest BCUT2D eigenvalue weighted by molar-refractivity contribution is 0.0459. The summed E-state index contributed by atoms with van der Waals surface area (Å²) in [6.07, 6.45) is 2.38. The lowest BCUT2D eigenvalue weighted by atomic mass is 10.1. The van der Waals surface area contributed by atoms with Crippen molar-refractivity contribution in [1.29, 1.82) is 0 Å². The number of nitrogens with two attached hydrogens (primary N) is 1. The quantitative estimate of drug-likeness (QED) is 0.893. The van der Waals surface area contributed by atoms with Crippen LogP contribution in [0.15, 0.2) is 18.2 Å². The van der Waals surface area contributed by atoms with E-state index in [2.05, 4.69) is 4.90 Å². The lowest BCUT2D eigenvalue weighted by Gasteiger charge is -2.33. The minimum Gasteiger partial charge on any atom is -0.378 e. The fraction of sp³-hybridized carbons (Fsp3) is 0.571. The molecule has 0 saturated carbocycles.